The summed E-state index contributed by atoms with van der Waals surface area (Å²) in [4.78, 5) is 4.52. The van der Waals surface area contributed by atoms with E-state index in [-0.39, 0.29) is 6.04 Å². The summed E-state index contributed by atoms with van der Waals surface area (Å²) >= 11 is 6.05. The van der Waals surface area contributed by atoms with Gasteiger partial charge in [0.2, 0.25) is 0 Å². The van der Waals surface area contributed by atoms with Gasteiger partial charge in [-0.2, -0.15) is 0 Å². The van der Waals surface area contributed by atoms with Crippen LogP contribution in [0.25, 0.3) is 0 Å². The van der Waals surface area contributed by atoms with Crippen molar-refractivity contribution in [1.29, 1.82) is 0 Å². The molecule has 1 N–H and O–H groups in total. The van der Waals surface area contributed by atoms with E-state index in [9.17, 15) is 0 Å². The Morgan fingerprint density at radius 2 is 1.94 bits per heavy atom. The Hall–Kier alpha value is -1.38. The first-order valence-electron chi connectivity index (χ1n) is 5.98. The molecule has 0 aliphatic heterocycles. The fraction of sp³-hybridized carbons (Fsp3) is 0.267. The highest BCUT2D eigenvalue weighted by Crippen LogP contribution is 2.25. The number of nitrogens with zero attached hydrogens (tertiary/aromatic N) is 1. The maximum absolute atomic E-state index is 6.05. The lowest BCUT2D eigenvalue weighted by Gasteiger charge is -2.19. The number of halogens is 1. The Morgan fingerprint density at radius 1 is 1.17 bits per heavy atom. The van der Waals surface area contributed by atoms with Crippen molar-refractivity contribution in [2.75, 3.05) is 7.05 Å². The summed E-state index contributed by atoms with van der Waals surface area (Å²) in [6.45, 7) is 4.04. The van der Waals surface area contributed by atoms with Crippen LogP contribution < -0.4 is 5.32 Å². The molecule has 18 heavy (non-hydrogen) atoms. The van der Waals surface area contributed by atoms with Gasteiger partial charge in [-0.25, -0.2) is 0 Å². The minimum absolute atomic E-state index is 0.122. The molecule has 0 saturated carbocycles. The summed E-state index contributed by atoms with van der Waals surface area (Å²) in [5.41, 5.74) is 4.43. The molecule has 0 bridgehead atoms. The summed E-state index contributed by atoms with van der Waals surface area (Å²) < 4.78 is 0. The lowest BCUT2D eigenvalue weighted by molar-refractivity contribution is 0.682. The molecule has 0 saturated heterocycles. The Bertz CT molecular complexity index is 552. The van der Waals surface area contributed by atoms with Crippen molar-refractivity contribution in [3.63, 3.8) is 0 Å². The van der Waals surface area contributed by atoms with E-state index in [2.05, 4.69) is 22.4 Å². The molecule has 2 aromatic rings. The van der Waals surface area contributed by atoms with Gasteiger partial charge in [0.1, 0.15) is 0 Å². The van der Waals surface area contributed by atoms with Crippen LogP contribution in [0.2, 0.25) is 5.02 Å². The van der Waals surface area contributed by atoms with E-state index in [0.717, 1.165) is 22.0 Å². The molecule has 2 nitrogen and oxygen atoms in total. The number of aryl methyl sites for hydroxylation is 2. The minimum Gasteiger partial charge on any atom is -0.309 e. The van der Waals surface area contributed by atoms with Crippen LogP contribution >= 0.6 is 11.6 Å². The molecular formula is C15H17ClN2. The third kappa shape index (κ3) is 2.71. The van der Waals surface area contributed by atoms with Gasteiger partial charge >= 0.3 is 0 Å². The number of hydrogen-bond donors (Lipinski definition) is 1. The van der Waals surface area contributed by atoms with Gasteiger partial charge in [0.25, 0.3) is 0 Å². The van der Waals surface area contributed by atoms with Crippen molar-refractivity contribution < 1.29 is 0 Å². The quantitative estimate of drug-likeness (QED) is 0.911. The predicted octanol–water partition coefficient (Wildman–Crippen LogP) is 3.66. The Balaban J connectivity index is 2.45. The predicted molar refractivity (Wildman–Crippen MR) is 76.1 cm³/mol. The molecule has 0 radical (unpaired) electrons. The Morgan fingerprint density at radius 3 is 2.56 bits per heavy atom. The maximum Gasteiger partial charge on any atom is 0.0592 e. The number of hydrogen-bond acceptors (Lipinski definition) is 2. The third-order valence-corrected chi connectivity index (χ3v) is 3.28. The van der Waals surface area contributed by atoms with Gasteiger partial charge in [-0.1, -0.05) is 29.8 Å². The minimum atomic E-state index is 0.122. The van der Waals surface area contributed by atoms with E-state index >= 15 is 0 Å². The van der Waals surface area contributed by atoms with E-state index in [4.69, 9.17) is 11.6 Å². The van der Waals surface area contributed by atoms with E-state index < -0.39 is 0 Å². The SMILES string of the molecule is CNC(c1cccc(Cl)c1)c1ccc(C)nc1C. The zero-order valence-corrected chi connectivity index (χ0v) is 11.6. The Labute approximate surface area is 113 Å². The number of rotatable bonds is 3. The van der Waals surface area contributed by atoms with Crippen molar-refractivity contribution >= 4 is 11.6 Å². The first-order chi connectivity index (χ1) is 8.61. The van der Waals surface area contributed by atoms with Crippen molar-refractivity contribution in [3.05, 3.63) is 63.9 Å². The van der Waals surface area contributed by atoms with Crippen LogP contribution in [0.4, 0.5) is 0 Å². The molecule has 2 rings (SSSR count). The topological polar surface area (TPSA) is 24.9 Å². The zero-order chi connectivity index (χ0) is 13.1. The average Bonchev–Trinajstić information content (AvgIpc) is 2.33. The molecule has 0 spiro atoms. The highest BCUT2D eigenvalue weighted by Gasteiger charge is 2.15. The molecule has 94 valence electrons. The van der Waals surface area contributed by atoms with Gasteiger partial charge in [-0.3, -0.25) is 4.98 Å². The van der Waals surface area contributed by atoms with E-state index in [1.165, 1.54) is 5.56 Å². The average molecular weight is 261 g/mol. The Kier molecular flexibility index (Phi) is 4.00. The van der Waals surface area contributed by atoms with Crippen LogP contribution in [0.1, 0.15) is 28.6 Å². The highest BCUT2D eigenvalue weighted by molar-refractivity contribution is 6.30. The monoisotopic (exact) mass is 260 g/mol. The summed E-state index contributed by atoms with van der Waals surface area (Å²) in [5, 5.41) is 4.08. The molecule has 0 aliphatic carbocycles. The van der Waals surface area contributed by atoms with Gasteiger partial charge in [-0.05, 0) is 50.2 Å². The van der Waals surface area contributed by atoms with E-state index in [0.29, 0.717) is 0 Å². The van der Waals surface area contributed by atoms with Gasteiger partial charge in [-0.15, -0.1) is 0 Å². The molecule has 1 atom stereocenters. The standard InChI is InChI=1S/C15H17ClN2/c1-10-7-8-14(11(2)18-10)15(17-3)12-5-4-6-13(16)9-12/h4-9,15,17H,1-3H3. The van der Waals surface area contributed by atoms with Crippen molar-refractivity contribution in [2.45, 2.75) is 19.9 Å². The molecule has 1 aromatic carbocycles. The number of nitrogens with one attached hydrogen (secondary N) is 1. The third-order valence-electron chi connectivity index (χ3n) is 3.05. The molecule has 1 unspecified atom stereocenters. The maximum atomic E-state index is 6.05. The van der Waals surface area contributed by atoms with Crippen LogP contribution in [0, 0.1) is 13.8 Å². The fourth-order valence-corrected chi connectivity index (χ4v) is 2.39. The molecule has 1 heterocycles. The van der Waals surface area contributed by atoms with Gasteiger partial charge in [0.15, 0.2) is 0 Å². The normalized spacial score (nSPS) is 12.4. The summed E-state index contributed by atoms with van der Waals surface area (Å²) in [7, 11) is 1.95. The second-order valence-corrected chi connectivity index (χ2v) is 4.84. The largest absolute Gasteiger partial charge is 0.309 e. The second-order valence-electron chi connectivity index (χ2n) is 4.40. The highest BCUT2D eigenvalue weighted by atomic mass is 35.5. The molecule has 0 amide bonds. The first-order valence-corrected chi connectivity index (χ1v) is 6.36. The number of benzene rings is 1. The summed E-state index contributed by atoms with van der Waals surface area (Å²) in [6.07, 6.45) is 0. The van der Waals surface area contributed by atoms with Crippen LogP contribution in [0.3, 0.4) is 0 Å². The van der Waals surface area contributed by atoms with Crippen molar-refractivity contribution in [1.82, 2.24) is 10.3 Å². The zero-order valence-electron chi connectivity index (χ0n) is 10.9. The van der Waals surface area contributed by atoms with Gasteiger partial charge < -0.3 is 5.32 Å². The molecule has 0 aliphatic rings. The summed E-state index contributed by atoms with van der Waals surface area (Å²) in [6, 6.07) is 12.2. The smallest absolute Gasteiger partial charge is 0.0592 e. The number of pyridine rings is 1. The van der Waals surface area contributed by atoms with Crippen molar-refractivity contribution in [2.24, 2.45) is 0 Å². The summed E-state index contributed by atoms with van der Waals surface area (Å²) in [5.74, 6) is 0. The van der Waals surface area contributed by atoms with Crippen LogP contribution in [-0.2, 0) is 0 Å². The van der Waals surface area contributed by atoms with Gasteiger partial charge in [0, 0.05) is 16.4 Å². The van der Waals surface area contributed by atoms with Gasteiger partial charge in [0.05, 0.1) is 6.04 Å². The first kappa shape index (κ1) is 13.1. The lowest BCUT2D eigenvalue weighted by atomic mass is 9.97. The number of aromatic nitrogens is 1. The van der Waals surface area contributed by atoms with Crippen LogP contribution in [0.15, 0.2) is 36.4 Å². The molecular weight excluding hydrogens is 244 g/mol. The second kappa shape index (κ2) is 5.51. The van der Waals surface area contributed by atoms with Crippen molar-refractivity contribution in [3.8, 4) is 0 Å². The molecule has 1 aromatic heterocycles. The van der Waals surface area contributed by atoms with Crippen LogP contribution in [0.5, 0.6) is 0 Å². The lowest BCUT2D eigenvalue weighted by Crippen LogP contribution is -2.19. The molecule has 0 fully saturated rings. The van der Waals surface area contributed by atoms with E-state index in [1.807, 2.05) is 45.2 Å². The fourth-order valence-electron chi connectivity index (χ4n) is 2.19. The van der Waals surface area contributed by atoms with Crippen LogP contribution in [-0.4, -0.2) is 12.0 Å². The van der Waals surface area contributed by atoms with E-state index in [1.54, 1.807) is 0 Å². The molecule has 3 heteroatoms.